The number of carbonyl (C=O) groups excluding carboxylic acids is 2. The first-order valence-electron chi connectivity index (χ1n) is 8.70. The number of aromatic nitrogens is 1. The molecule has 25 heavy (non-hydrogen) atoms. The summed E-state index contributed by atoms with van der Waals surface area (Å²) in [7, 11) is 0. The van der Waals surface area contributed by atoms with Crippen molar-refractivity contribution in [3.63, 3.8) is 0 Å². The molecule has 0 N–H and O–H groups in total. The van der Waals surface area contributed by atoms with Gasteiger partial charge in [0.15, 0.2) is 0 Å². The minimum atomic E-state index is -0.163. The van der Waals surface area contributed by atoms with Crippen molar-refractivity contribution >= 4 is 11.8 Å². The first-order valence-corrected chi connectivity index (χ1v) is 8.70. The molecule has 2 heterocycles. The lowest BCUT2D eigenvalue weighted by Gasteiger charge is -2.25. The summed E-state index contributed by atoms with van der Waals surface area (Å²) in [6, 6.07) is 13.3. The number of carbonyl (C=O) groups is 2. The fraction of sp³-hybridized carbons (Fsp3) is 0.350. The summed E-state index contributed by atoms with van der Waals surface area (Å²) >= 11 is 0. The van der Waals surface area contributed by atoms with E-state index in [1.165, 1.54) is 0 Å². The normalized spacial score (nSPS) is 16.2. The molecule has 2 amide bonds. The monoisotopic (exact) mass is 337 g/mol. The van der Waals surface area contributed by atoms with Crippen LogP contribution >= 0.6 is 0 Å². The minimum absolute atomic E-state index is 0.00723. The highest BCUT2D eigenvalue weighted by molar-refractivity contribution is 5.94. The van der Waals surface area contributed by atoms with Gasteiger partial charge in [-0.2, -0.15) is 0 Å². The number of hydrogen-bond donors (Lipinski definition) is 0. The van der Waals surface area contributed by atoms with Crippen molar-refractivity contribution < 1.29 is 9.59 Å². The molecular weight excluding hydrogens is 314 g/mol. The second-order valence-corrected chi connectivity index (χ2v) is 6.34. The van der Waals surface area contributed by atoms with E-state index in [1.807, 2.05) is 47.1 Å². The Morgan fingerprint density at radius 2 is 1.56 bits per heavy atom. The number of amides is 2. The molecule has 1 saturated heterocycles. The van der Waals surface area contributed by atoms with Crippen molar-refractivity contribution in [3.05, 3.63) is 66.0 Å². The van der Waals surface area contributed by atoms with Crippen molar-refractivity contribution in [2.45, 2.75) is 19.3 Å². The average Bonchev–Trinajstić information content (AvgIpc) is 2.94. The fourth-order valence-corrected chi connectivity index (χ4v) is 3.18. The maximum Gasteiger partial charge on any atom is 0.254 e. The van der Waals surface area contributed by atoms with Gasteiger partial charge in [0.05, 0.1) is 5.92 Å². The molecule has 0 spiro atoms. The van der Waals surface area contributed by atoms with E-state index in [-0.39, 0.29) is 17.7 Å². The molecule has 130 valence electrons. The highest BCUT2D eigenvalue weighted by Gasteiger charge is 2.26. The molecule has 1 aliphatic rings. The van der Waals surface area contributed by atoms with Crippen LogP contribution in [0.3, 0.4) is 0 Å². The van der Waals surface area contributed by atoms with Crippen LogP contribution in [0.1, 0.15) is 35.2 Å². The molecule has 0 aliphatic carbocycles. The smallest absolute Gasteiger partial charge is 0.254 e. The van der Waals surface area contributed by atoms with E-state index >= 15 is 0 Å². The van der Waals surface area contributed by atoms with Gasteiger partial charge in [-0.15, -0.1) is 0 Å². The Hall–Kier alpha value is -2.69. The summed E-state index contributed by atoms with van der Waals surface area (Å²) in [6.07, 6.45) is 4.05. The maximum atomic E-state index is 12.8. The lowest BCUT2D eigenvalue weighted by atomic mass is 10.00. The molecule has 1 unspecified atom stereocenters. The average molecular weight is 337 g/mol. The fourth-order valence-electron chi connectivity index (χ4n) is 3.18. The van der Waals surface area contributed by atoms with Crippen LogP contribution in [0.25, 0.3) is 0 Å². The van der Waals surface area contributed by atoms with Gasteiger partial charge in [0, 0.05) is 44.1 Å². The molecule has 5 nitrogen and oxygen atoms in total. The Balaban J connectivity index is 1.63. The molecule has 1 aromatic carbocycles. The van der Waals surface area contributed by atoms with E-state index in [9.17, 15) is 9.59 Å². The van der Waals surface area contributed by atoms with Gasteiger partial charge < -0.3 is 9.80 Å². The van der Waals surface area contributed by atoms with Gasteiger partial charge in [0.2, 0.25) is 5.91 Å². The summed E-state index contributed by atoms with van der Waals surface area (Å²) in [5.74, 6) is -0.0270. The van der Waals surface area contributed by atoms with Gasteiger partial charge in [-0.3, -0.25) is 14.6 Å². The van der Waals surface area contributed by atoms with E-state index in [0.29, 0.717) is 31.7 Å². The van der Waals surface area contributed by atoms with Crippen LogP contribution in [0.15, 0.2) is 54.9 Å². The number of rotatable bonds is 3. The van der Waals surface area contributed by atoms with Gasteiger partial charge >= 0.3 is 0 Å². The molecule has 1 fully saturated rings. The molecule has 1 aliphatic heterocycles. The van der Waals surface area contributed by atoms with Gasteiger partial charge in [-0.1, -0.05) is 30.3 Å². The third kappa shape index (κ3) is 4.05. The van der Waals surface area contributed by atoms with E-state index in [0.717, 1.165) is 12.0 Å². The Labute approximate surface area is 148 Å². The minimum Gasteiger partial charge on any atom is -0.340 e. The third-order valence-electron chi connectivity index (χ3n) is 4.69. The zero-order valence-corrected chi connectivity index (χ0v) is 14.5. The largest absolute Gasteiger partial charge is 0.340 e. The van der Waals surface area contributed by atoms with Crippen molar-refractivity contribution in [3.8, 4) is 0 Å². The summed E-state index contributed by atoms with van der Waals surface area (Å²) in [5.41, 5.74) is 1.67. The molecule has 1 aromatic heterocycles. The molecular formula is C20H23N3O2. The van der Waals surface area contributed by atoms with Gasteiger partial charge in [-0.25, -0.2) is 0 Å². The number of benzene rings is 1. The molecule has 2 aromatic rings. The molecule has 0 radical (unpaired) electrons. The molecule has 0 saturated carbocycles. The number of pyridine rings is 1. The van der Waals surface area contributed by atoms with Crippen LogP contribution in [0.4, 0.5) is 0 Å². The number of nitrogens with zero attached hydrogens (tertiary/aromatic N) is 3. The van der Waals surface area contributed by atoms with E-state index in [1.54, 1.807) is 24.5 Å². The lowest BCUT2D eigenvalue weighted by molar-refractivity contribution is -0.132. The van der Waals surface area contributed by atoms with E-state index in [4.69, 9.17) is 0 Å². The van der Waals surface area contributed by atoms with E-state index in [2.05, 4.69) is 4.98 Å². The van der Waals surface area contributed by atoms with Gasteiger partial charge in [-0.05, 0) is 31.0 Å². The predicted molar refractivity (Wildman–Crippen MR) is 96.2 cm³/mol. The molecule has 1 atom stereocenters. The summed E-state index contributed by atoms with van der Waals surface area (Å²) in [6.45, 7) is 4.45. The van der Waals surface area contributed by atoms with Crippen molar-refractivity contribution in [1.29, 1.82) is 0 Å². The summed E-state index contributed by atoms with van der Waals surface area (Å²) in [4.78, 5) is 33.1. The Morgan fingerprint density at radius 3 is 2.28 bits per heavy atom. The Kier molecular flexibility index (Phi) is 5.43. The van der Waals surface area contributed by atoms with Crippen LogP contribution in [-0.4, -0.2) is 52.8 Å². The SMILES string of the molecule is CC(C(=O)N1CCCN(C(=O)c2ccncc2)CC1)c1ccccc1. The van der Waals surface area contributed by atoms with Crippen LogP contribution in [0.5, 0.6) is 0 Å². The topological polar surface area (TPSA) is 53.5 Å². The second-order valence-electron chi connectivity index (χ2n) is 6.34. The Morgan fingerprint density at radius 1 is 0.920 bits per heavy atom. The van der Waals surface area contributed by atoms with E-state index < -0.39 is 0 Å². The second kappa shape index (κ2) is 7.92. The molecule has 5 heteroatoms. The number of hydrogen-bond acceptors (Lipinski definition) is 3. The molecule has 0 bridgehead atoms. The third-order valence-corrected chi connectivity index (χ3v) is 4.69. The van der Waals surface area contributed by atoms with Crippen LogP contribution in [-0.2, 0) is 4.79 Å². The molecule has 3 rings (SSSR count). The quantitative estimate of drug-likeness (QED) is 0.865. The predicted octanol–water partition coefficient (Wildman–Crippen LogP) is 2.56. The Bertz CT molecular complexity index is 718. The summed E-state index contributed by atoms with van der Waals surface area (Å²) in [5, 5.41) is 0. The van der Waals surface area contributed by atoms with Crippen molar-refractivity contribution in [2.75, 3.05) is 26.2 Å². The summed E-state index contributed by atoms with van der Waals surface area (Å²) < 4.78 is 0. The maximum absolute atomic E-state index is 12.8. The van der Waals surface area contributed by atoms with Crippen LogP contribution in [0.2, 0.25) is 0 Å². The highest BCUT2D eigenvalue weighted by atomic mass is 16.2. The van der Waals surface area contributed by atoms with Crippen LogP contribution in [0, 0.1) is 0 Å². The lowest BCUT2D eigenvalue weighted by Crippen LogP contribution is -2.39. The van der Waals surface area contributed by atoms with Gasteiger partial charge in [0.25, 0.3) is 5.91 Å². The van der Waals surface area contributed by atoms with Crippen molar-refractivity contribution in [2.24, 2.45) is 0 Å². The van der Waals surface area contributed by atoms with Gasteiger partial charge in [0.1, 0.15) is 0 Å². The first-order chi connectivity index (χ1) is 12.2. The zero-order valence-electron chi connectivity index (χ0n) is 14.5. The standard InChI is InChI=1S/C20H23N3O2/c1-16(17-6-3-2-4-7-17)19(24)22-12-5-13-23(15-14-22)20(25)18-8-10-21-11-9-18/h2-4,6-11,16H,5,12-15H2,1H3. The van der Waals surface area contributed by atoms with Crippen molar-refractivity contribution in [1.82, 2.24) is 14.8 Å². The zero-order chi connectivity index (χ0) is 17.6. The first kappa shape index (κ1) is 17.1. The van der Waals surface area contributed by atoms with Crippen LogP contribution < -0.4 is 0 Å². The highest BCUT2D eigenvalue weighted by Crippen LogP contribution is 2.19.